The number of carbonyl (C=O) groups is 1. The van der Waals surface area contributed by atoms with Crippen molar-refractivity contribution in [2.45, 2.75) is 26.3 Å². The van der Waals surface area contributed by atoms with Crippen LogP contribution in [-0.2, 0) is 4.79 Å². The second kappa shape index (κ2) is 6.28. The molecule has 0 aromatic heterocycles. The monoisotopic (exact) mass is 220 g/mol. The maximum atomic E-state index is 11.0. The molecule has 1 aromatic rings. The highest BCUT2D eigenvalue weighted by atomic mass is 16.1. The van der Waals surface area contributed by atoms with Gasteiger partial charge in [0.2, 0.25) is 5.91 Å². The maximum Gasteiger partial charge on any atom is 0.221 e. The van der Waals surface area contributed by atoms with Gasteiger partial charge in [0.15, 0.2) is 0 Å². The Morgan fingerprint density at radius 2 is 2.19 bits per heavy atom. The molecule has 0 unspecified atom stereocenters. The van der Waals surface area contributed by atoms with E-state index in [1.54, 1.807) is 7.05 Å². The zero-order chi connectivity index (χ0) is 12.0. The molecule has 0 bridgehead atoms. The van der Waals surface area contributed by atoms with Crippen molar-refractivity contribution < 1.29 is 4.79 Å². The van der Waals surface area contributed by atoms with Gasteiger partial charge in [-0.25, -0.2) is 0 Å². The van der Waals surface area contributed by atoms with Crippen LogP contribution in [0, 0.1) is 6.92 Å². The van der Waals surface area contributed by atoms with E-state index < -0.39 is 0 Å². The second-order valence-electron chi connectivity index (χ2n) is 4.01. The van der Waals surface area contributed by atoms with Crippen molar-refractivity contribution in [2.24, 2.45) is 0 Å². The predicted molar refractivity (Wildman–Crippen MR) is 66.3 cm³/mol. The van der Waals surface area contributed by atoms with Crippen LogP contribution in [-0.4, -0.2) is 19.5 Å². The molecule has 0 spiro atoms. The molecule has 3 heteroatoms. The topological polar surface area (TPSA) is 41.1 Å². The minimum absolute atomic E-state index is 0.0731. The summed E-state index contributed by atoms with van der Waals surface area (Å²) in [6.07, 6.45) is 0.520. The SMILES string of the molecule is CNC(=O)CCN[C@H](C)c1cccc(C)c1. The van der Waals surface area contributed by atoms with Crippen molar-refractivity contribution >= 4 is 5.91 Å². The highest BCUT2D eigenvalue weighted by molar-refractivity contribution is 5.75. The Bertz CT molecular complexity index is 350. The van der Waals surface area contributed by atoms with E-state index in [0.29, 0.717) is 13.0 Å². The van der Waals surface area contributed by atoms with Crippen LogP contribution >= 0.6 is 0 Å². The van der Waals surface area contributed by atoms with Gasteiger partial charge in [0.25, 0.3) is 0 Å². The van der Waals surface area contributed by atoms with Crippen molar-refractivity contribution in [1.29, 1.82) is 0 Å². The molecule has 0 saturated carbocycles. The summed E-state index contributed by atoms with van der Waals surface area (Å²) in [6, 6.07) is 8.69. The first kappa shape index (κ1) is 12.7. The van der Waals surface area contributed by atoms with Gasteiger partial charge >= 0.3 is 0 Å². The summed E-state index contributed by atoms with van der Waals surface area (Å²) in [4.78, 5) is 11.0. The van der Waals surface area contributed by atoms with Gasteiger partial charge in [-0.3, -0.25) is 4.79 Å². The van der Waals surface area contributed by atoms with Gasteiger partial charge in [0.1, 0.15) is 0 Å². The van der Waals surface area contributed by atoms with Crippen LogP contribution in [0.15, 0.2) is 24.3 Å². The second-order valence-corrected chi connectivity index (χ2v) is 4.01. The summed E-state index contributed by atoms with van der Waals surface area (Å²) in [5.74, 6) is 0.0731. The van der Waals surface area contributed by atoms with Crippen LogP contribution in [0.4, 0.5) is 0 Å². The molecule has 1 amide bonds. The first-order valence-electron chi connectivity index (χ1n) is 5.64. The van der Waals surface area contributed by atoms with Gasteiger partial charge < -0.3 is 10.6 Å². The van der Waals surface area contributed by atoms with Crippen LogP contribution in [0.25, 0.3) is 0 Å². The Morgan fingerprint density at radius 1 is 1.44 bits per heavy atom. The first-order chi connectivity index (χ1) is 7.63. The smallest absolute Gasteiger partial charge is 0.221 e. The highest BCUT2D eigenvalue weighted by Crippen LogP contribution is 2.13. The maximum absolute atomic E-state index is 11.0. The number of hydrogen-bond donors (Lipinski definition) is 2. The van der Waals surface area contributed by atoms with Crippen molar-refractivity contribution in [3.8, 4) is 0 Å². The van der Waals surface area contributed by atoms with Gasteiger partial charge in [-0.2, -0.15) is 0 Å². The summed E-state index contributed by atoms with van der Waals surface area (Å²) in [7, 11) is 1.66. The summed E-state index contributed by atoms with van der Waals surface area (Å²) in [6.45, 7) is 4.90. The first-order valence-corrected chi connectivity index (χ1v) is 5.64. The number of aryl methyl sites for hydroxylation is 1. The Morgan fingerprint density at radius 3 is 2.81 bits per heavy atom. The molecule has 1 rings (SSSR count). The van der Waals surface area contributed by atoms with E-state index in [1.165, 1.54) is 11.1 Å². The Balaban J connectivity index is 2.40. The largest absolute Gasteiger partial charge is 0.359 e. The van der Waals surface area contributed by atoms with Crippen molar-refractivity contribution in [1.82, 2.24) is 10.6 Å². The molecule has 88 valence electrons. The predicted octanol–water partition coefficient (Wildman–Crippen LogP) is 1.78. The quantitative estimate of drug-likeness (QED) is 0.794. The fourth-order valence-electron chi connectivity index (χ4n) is 1.58. The number of benzene rings is 1. The van der Waals surface area contributed by atoms with Gasteiger partial charge in [-0.15, -0.1) is 0 Å². The van der Waals surface area contributed by atoms with Crippen LogP contribution in [0.3, 0.4) is 0 Å². The van der Waals surface area contributed by atoms with Crippen molar-refractivity contribution in [2.75, 3.05) is 13.6 Å². The van der Waals surface area contributed by atoms with Crippen LogP contribution in [0.1, 0.15) is 30.5 Å². The molecular formula is C13H20N2O. The molecule has 0 aliphatic heterocycles. The van der Waals surface area contributed by atoms with Crippen molar-refractivity contribution in [3.05, 3.63) is 35.4 Å². The lowest BCUT2D eigenvalue weighted by Gasteiger charge is -2.14. The van der Waals surface area contributed by atoms with E-state index in [2.05, 4.69) is 48.7 Å². The highest BCUT2D eigenvalue weighted by Gasteiger charge is 2.05. The summed E-state index contributed by atoms with van der Waals surface area (Å²) < 4.78 is 0. The standard InChI is InChI=1S/C13H20N2O/c1-10-5-4-6-12(9-10)11(2)15-8-7-13(16)14-3/h4-6,9,11,15H,7-8H2,1-3H3,(H,14,16)/t11-/m1/s1. The summed E-state index contributed by atoms with van der Waals surface area (Å²) in [5.41, 5.74) is 2.52. The molecule has 0 radical (unpaired) electrons. The van der Waals surface area contributed by atoms with Gasteiger partial charge in [-0.1, -0.05) is 29.8 Å². The average molecular weight is 220 g/mol. The molecule has 0 aliphatic carbocycles. The van der Waals surface area contributed by atoms with E-state index in [-0.39, 0.29) is 11.9 Å². The van der Waals surface area contributed by atoms with Gasteiger partial charge in [0.05, 0.1) is 0 Å². The third-order valence-electron chi connectivity index (χ3n) is 2.62. The third kappa shape index (κ3) is 4.03. The number of rotatable bonds is 5. The van der Waals surface area contributed by atoms with E-state index >= 15 is 0 Å². The fourth-order valence-corrected chi connectivity index (χ4v) is 1.58. The molecule has 3 nitrogen and oxygen atoms in total. The van der Waals surface area contributed by atoms with E-state index in [1.807, 2.05) is 0 Å². The molecule has 0 fully saturated rings. The van der Waals surface area contributed by atoms with E-state index in [9.17, 15) is 4.79 Å². The van der Waals surface area contributed by atoms with Gasteiger partial charge in [0, 0.05) is 26.1 Å². The molecule has 1 aromatic carbocycles. The number of carbonyl (C=O) groups excluding carboxylic acids is 1. The third-order valence-corrected chi connectivity index (χ3v) is 2.62. The zero-order valence-corrected chi connectivity index (χ0v) is 10.2. The average Bonchev–Trinajstić information content (AvgIpc) is 2.28. The van der Waals surface area contributed by atoms with Gasteiger partial charge in [-0.05, 0) is 19.4 Å². The summed E-state index contributed by atoms with van der Waals surface area (Å²) >= 11 is 0. The van der Waals surface area contributed by atoms with Crippen LogP contribution in [0.2, 0.25) is 0 Å². The number of nitrogens with one attached hydrogen (secondary N) is 2. The van der Waals surface area contributed by atoms with Crippen molar-refractivity contribution in [3.63, 3.8) is 0 Å². The Hall–Kier alpha value is -1.35. The fraction of sp³-hybridized carbons (Fsp3) is 0.462. The normalized spacial score (nSPS) is 12.2. The lowest BCUT2D eigenvalue weighted by molar-refractivity contribution is -0.120. The minimum atomic E-state index is 0.0731. The number of hydrogen-bond acceptors (Lipinski definition) is 2. The Kier molecular flexibility index (Phi) is 4.99. The zero-order valence-electron chi connectivity index (χ0n) is 10.2. The van der Waals surface area contributed by atoms with E-state index in [0.717, 1.165) is 0 Å². The molecule has 0 heterocycles. The molecule has 0 saturated heterocycles. The number of amides is 1. The van der Waals surface area contributed by atoms with Crippen LogP contribution < -0.4 is 10.6 Å². The van der Waals surface area contributed by atoms with Crippen LogP contribution in [0.5, 0.6) is 0 Å². The molecular weight excluding hydrogens is 200 g/mol. The summed E-state index contributed by atoms with van der Waals surface area (Å²) in [5, 5.41) is 5.94. The lowest BCUT2D eigenvalue weighted by Crippen LogP contribution is -2.26. The molecule has 0 aliphatic rings. The minimum Gasteiger partial charge on any atom is -0.359 e. The lowest BCUT2D eigenvalue weighted by atomic mass is 10.1. The molecule has 1 atom stereocenters. The van der Waals surface area contributed by atoms with E-state index in [4.69, 9.17) is 0 Å². The Labute approximate surface area is 97.2 Å². The molecule has 16 heavy (non-hydrogen) atoms. The molecule has 2 N–H and O–H groups in total.